The highest BCUT2D eigenvalue weighted by Gasteiger charge is 2.09. The molecule has 0 radical (unpaired) electrons. The van der Waals surface area contributed by atoms with Crippen molar-refractivity contribution in [2.45, 2.75) is 26.7 Å². The maximum Gasteiger partial charge on any atom is 0.219 e. The van der Waals surface area contributed by atoms with Gasteiger partial charge in [0.25, 0.3) is 0 Å². The third-order valence-electron chi connectivity index (χ3n) is 4.08. The van der Waals surface area contributed by atoms with E-state index >= 15 is 0 Å². The van der Waals surface area contributed by atoms with Crippen molar-refractivity contribution in [1.82, 2.24) is 15.0 Å². The van der Waals surface area contributed by atoms with Gasteiger partial charge in [-0.05, 0) is 43.5 Å². The number of aromatic nitrogens is 3. The van der Waals surface area contributed by atoms with Crippen LogP contribution in [-0.2, 0) is 12.8 Å². The molecule has 2 heterocycles. The maximum atomic E-state index is 8.80. The largest absolute Gasteiger partial charge is 0.439 e. The van der Waals surface area contributed by atoms with E-state index in [1.807, 2.05) is 44.2 Å². The molecule has 0 aliphatic heterocycles. The molecule has 28 heavy (non-hydrogen) atoms. The molecule has 0 bridgehead atoms. The standard InChI is InChI=1S/C21H20ClN5O/c1-3-18-20(22)21(27-14(2)26-18)24-11-10-15-4-7-17(8-5-15)28-19-9-6-16(12-23)13-25-19/h4-9,13H,3,10-11H2,1-2H3,(H,24,26,27). The van der Waals surface area contributed by atoms with Crippen molar-refractivity contribution in [1.29, 1.82) is 5.26 Å². The van der Waals surface area contributed by atoms with Gasteiger partial charge in [0.1, 0.15) is 28.5 Å². The molecule has 0 amide bonds. The second-order valence-corrected chi connectivity index (χ2v) is 6.53. The minimum Gasteiger partial charge on any atom is -0.439 e. The number of nitrogens with one attached hydrogen (secondary N) is 1. The van der Waals surface area contributed by atoms with Gasteiger partial charge in [-0.1, -0.05) is 30.7 Å². The highest BCUT2D eigenvalue weighted by atomic mass is 35.5. The summed E-state index contributed by atoms with van der Waals surface area (Å²) in [6, 6.07) is 13.2. The predicted octanol–water partition coefficient (Wildman–Crippen LogP) is 4.71. The van der Waals surface area contributed by atoms with Crippen molar-refractivity contribution in [3.8, 4) is 17.7 Å². The Kier molecular flexibility index (Phi) is 6.41. The van der Waals surface area contributed by atoms with Crippen LogP contribution in [0.3, 0.4) is 0 Å². The Morgan fingerprint density at radius 3 is 2.57 bits per heavy atom. The molecule has 142 valence electrons. The maximum absolute atomic E-state index is 8.80. The number of aryl methyl sites for hydroxylation is 2. The second-order valence-electron chi connectivity index (χ2n) is 6.15. The van der Waals surface area contributed by atoms with E-state index in [9.17, 15) is 0 Å². The van der Waals surface area contributed by atoms with E-state index < -0.39 is 0 Å². The lowest BCUT2D eigenvalue weighted by Crippen LogP contribution is -2.09. The van der Waals surface area contributed by atoms with E-state index in [0.717, 1.165) is 24.1 Å². The van der Waals surface area contributed by atoms with Gasteiger partial charge < -0.3 is 10.1 Å². The number of pyridine rings is 1. The highest BCUT2D eigenvalue weighted by Crippen LogP contribution is 2.24. The summed E-state index contributed by atoms with van der Waals surface area (Å²) in [4.78, 5) is 12.8. The van der Waals surface area contributed by atoms with Crippen LogP contribution in [0.25, 0.3) is 0 Å². The Balaban J connectivity index is 1.56. The van der Waals surface area contributed by atoms with E-state index in [1.54, 1.807) is 12.1 Å². The van der Waals surface area contributed by atoms with Crippen molar-refractivity contribution >= 4 is 17.4 Å². The first-order valence-corrected chi connectivity index (χ1v) is 9.36. The van der Waals surface area contributed by atoms with Crippen molar-refractivity contribution < 1.29 is 4.74 Å². The summed E-state index contributed by atoms with van der Waals surface area (Å²) >= 11 is 6.35. The molecule has 6 nitrogen and oxygen atoms in total. The molecule has 0 saturated heterocycles. The molecule has 0 unspecified atom stereocenters. The van der Waals surface area contributed by atoms with Crippen molar-refractivity contribution in [3.05, 3.63) is 70.3 Å². The Morgan fingerprint density at radius 2 is 1.93 bits per heavy atom. The molecule has 7 heteroatoms. The third-order valence-corrected chi connectivity index (χ3v) is 4.48. The molecule has 0 fully saturated rings. The summed E-state index contributed by atoms with van der Waals surface area (Å²) in [6.45, 7) is 4.59. The normalized spacial score (nSPS) is 10.4. The fourth-order valence-electron chi connectivity index (χ4n) is 2.65. The highest BCUT2D eigenvalue weighted by molar-refractivity contribution is 6.33. The number of hydrogen-bond acceptors (Lipinski definition) is 6. The molecule has 0 spiro atoms. The van der Waals surface area contributed by atoms with E-state index in [1.165, 1.54) is 6.20 Å². The van der Waals surface area contributed by atoms with Crippen molar-refractivity contribution in [3.63, 3.8) is 0 Å². The molecule has 2 aromatic heterocycles. The zero-order valence-corrected chi connectivity index (χ0v) is 16.5. The molecule has 0 aliphatic carbocycles. The quantitative estimate of drug-likeness (QED) is 0.625. The average molecular weight is 394 g/mol. The lowest BCUT2D eigenvalue weighted by molar-refractivity contribution is 0.462. The van der Waals surface area contributed by atoms with Crippen molar-refractivity contribution in [2.24, 2.45) is 0 Å². The summed E-state index contributed by atoms with van der Waals surface area (Å²) in [5.74, 6) is 2.53. The van der Waals surface area contributed by atoms with E-state index in [2.05, 4.69) is 20.3 Å². The van der Waals surface area contributed by atoms with Crippen LogP contribution in [-0.4, -0.2) is 21.5 Å². The van der Waals surface area contributed by atoms with Crippen molar-refractivity contribution in [2.75, 3.05) is 11.9 Å². The van der Waals surface area contributed by atoms with Crippen LogP contribution < -0.4 is 10.1 Å². The van der Waals surface area contributed by atoms with Crippen LogP contribution in [0, 0.1) is 18.3 Å². The van der Waals surface area contributed by atoms with Gasteiger partial charge in [-0.25, -0.2) is 15.0 Å². The van der Waals surface area contributed by atoms with Gasteiger partial charge in [0.05, 0.1) is 11.3 Å². The number of anilines is 1. The van der Waals surface area contributed by atoms with Crippen LogP contribution >= 0.6 is 11.6 Å². The minimum absolute atomic E-state index is 0.453. The number of nitriles is 1. The summed E-state index contributed by atoms with van der Waals surface area (Å²) in [5, 5.41) is 12.7. The first-order valence-electron chi connectivity index (χ1n) is 8.99. The Hall–Kier alpha value is -3.17. The monoisotopic (exact) mass is 393 g/mol. The second kappa shape index (κ2) is 9.16. The van der Waals surface area contributed by atoms with Gasteiger partial charge in [-0.2, -0.15) is 5.26 Å². The third kappa shape index (κ3) is 4.96. The lowest BCUT2D eigenvalue weighted by atomic mass is 10.1. The number of benzene rings is 1. The van der Waals surface area contributed by atoms with E-state index in [-0.39, 0.29) is 0 Å². The molecule has 3 rings (SSSR count). The SMILES string of the molecule is CCc1nc(C)nc(NCCc2ccc(Oc3ccc(C#N)cn3)cc2)c1Cl. The van der Waals surface area contributed by atoms with E-state index in [0.29, 0.717) is 40.4 Å². The number of ether oxygens (including phenoxy) is 1. The zero-order chi connectivity index (χ0) is 19.9. The number of rotatable bonds is 7. The van der Waals surface area contributed by atoms with Crippen LogP contribution in [0.1, 0.15) is 29.6 Å². The minimum atomic E-state index is 0.453. The molecule has 0 atom stereocenters. The lowest BCUT2D eigenvalue weighted by Gasteiger charge is -2.11. The molecular weight excluding hydrogens is 374 g/mol. The fourth-order valence-corrected chi connectivity index (χ4v) is 2.93. The molecule has 1 N–H and O–H groups in total. The predicted molar refractivity (Wildman–Crippen MR) is 109 cm³/mol. The molecule has 0 saturated carbocycles. The summed E-state index contributed by atoms with van der Waals surface area (Å²) in [6.07, 6.45) is 3.07. The van der Waals surface area contributed by atoms with Gasteiger partial charge in [0.15, 0.2) is 0 Å². The van der Waals surface area contributed by atoms with Gasteiger partial charge >= 0.3 is 0 Å². The average Bonchev–Trinajstić information content (AvgIpc) is 2.72. The van der Waals surface area contributed by atoms with Gasteiger partial charge in [0.2, 0.25) is 5.88 Å². The first-order chi connectivity index (χ1) is 13.6. The van der Waals surface area contributed by atoms with Gasteiger partial charge in [0, 0.05) is 18.8 Å². The number of hydrogen-bond donors (Lipinski definition) is 1. The Morgan fingerprint density at radius 1 is 1.14 bits per heavy atom. The molecule has 1 aromatic carbocycles. The summed E-state index contributed by atoms with van der Waals surface area (Å²) < 4.78 is 5.69. The zero-order valence-electron chi connectivity index (χ0n) is 15.7. The van der Waals surface area contributed by atoms with Gasteiger partial charge in [-0.3, -0.25) is 0 Å². The van der Waals surface area contributed by atoms with Crippen LogP contribution in [0.15, 0.2) is 42.6 Å². The van der Waals surface area contributed by atoms with Crippen LogP contribution in [0.4, 0.5) is 5.82 Å². The number of nitrogens with zero attached hydrogens (tertiary/aromatic N) is 4. The smallest absolute Gasteiger partial charge is 0.219 e. The topological polar surface area (TPSA) is 83.7 Å². The van der Waals surface area contributed by atoms with Gasteiger partial charge in [-0.15, -0.1) is 0 Å². The van der Waals surface area contributed by atoms with E-state index in [4.69, 9.17) is 21.6 Å². The molecule has 3 aromatic rings. The molecular formula is C21H20ClN5O. The molecule has 0 aliphatic rings. The summed E-state index contributed by atoms with van der Waals surface area (Å²) in [7, 11) is 0. The first kappa shape index (κ1) is 19.6. The van der Waals surface area contributed by atoms with Crippen LogP contribution in [0.5, 0.6) is 11.6 Å². The Labute approximate surface area is 169 Å². The fraction of sp³-hybridized carbons (Fsp3) is 0.238. The van der Waals surface area contributed by atoms with Crippen LogP contribution in [0.2, 0.25) is 5.02 Å². The number of halogens is 1. The summed E-state index contributed by atoms with van der Waals surface area (Å²) in [5.41, 5.74) is 2.51. The Bertz CT molecular complexity index is 981.